The maximum absolute atomic E-state index is 2.28. The van der Waals surface area contributed by atoms with Crippen molar-refractivity contribution >= 4 is 0 Å². The van der Waals surface area contributed by atoms with E-state index >= 15 is 0 Å². The Labute approximate surface area is 82.0 Å². The molecule has 0 fully saturated rings. The van der Waals surface area contributed by atoms with Gasteiger partial charge in [0.15, 0.2) is 0 Å². The van der Waals surface area contributed by atoms with Crippen molar-refractivity contribution in [3.63, 3.8) is 0 Å². The molecule has 0 aliphatic heterocycles. The molecule has 0 N–H and O–H groups in total. The van der Waals surface area contributed by atoms with Crippen molar-refractivity contribution in [1.29, 1.82) is 0 Å². The first-order valence-corrected chi connectivity index (χ1v) is 5.30. The molecular formula is C13H19. The van der Waals surface area contributed by atoms with E-state index in [2.05, 4.69) is 42.9 Å². The molecule has 13 heavy (non-hydrogen) atoms. The zero-order valence-corrected chi connectivity index (χ0v) is 8.28. The van der Waals surface area contributed by atoms with Gasteiger partial charge in [-0.1, -0.05) is 36.5 Å². The number of hydrogen-bond acceptors (Lipinski definition) is 0. The van der Waals surface area contributed by atoms with Crippen LogP contribution in [0.5, 0.6) is 0 Å². The lowest BCUT2D eigenvalue weighted by atomic mass is 10.1. The summed E-state index contributed by atoms with van der Waals surface area (Å²) in [6, 6.07) is 0. The maximum atomic E-state index is 2.28. The van der Waals surface area contributed by atoms with Gasteiger partial charge >= 0.3 is 0 Å². The summed E-state index contributed by atoms with van der Waals surface area (Å²) in [6.07, 6.45) is 23.0. The summed E-state index contributed by atoms with van der Waals surface area (Å²) >= 11 is 0. The highest BCUT2D eigenvalue weighted by molar-refractivity contribution is 5.03. The molecule has 71 valence electrons. The van der Waals surface area contributed by atoms with Crippen LogP contribution in [-0.4, -0.2) is 0 Å². The van der Waals surface area contributed by atoms with E-state index in [1.165, 1.54) is 38.5 Å². The Morgan fingerprint density at radius 3 is 1.77 bits per heavy atom. The van der Waals surface area contributed by atoms with E-state index in [0.717, 1.165) is 0 Å². The Kier molecular flexibility index (Phi) is 6.22. The molecule has 0 aromatic rings. The number of hydrogen-bond donors (Lipinski definition) is 0. The summed E-state index contributed by atoms with van der Waals surface area (Å²) in [5, 5.41) is 0. The summed E-state index contributed by atoms with van der Waals surface area (Å²) in [6.45, 7) is 0. The average molecular weight is 175 g/mol. The van der Waals surface area contributed by atoms with E-state index in [9.17, 15) is 0 Å². The molecule has 0 bridgehead atoms. The van der Waals surface area contributed by atoms with Gasteiger partial charge in [0, 0.05) is 0 Å². The van der Waals surface area contributed by atoms with Crippen LogP contribution in [0.4, 0.5) is 0 Å². The second-order valence-corrected chi connectivity index (χ2v) is 3.38. The minimum atomic E-state index is 1.20. The zero-order valence-electron chi connectivity index (χ0n) is 8.28. The standard InChI is InChI=1S/C13H19/c1-2-4-6-8-10-12-13-11-9-7-5-3-1/h1-4,11-13H,5-10H2/b3-1-,4-2+,13-11+. The summed E-state index contributed by atoms with van der Waals surface area (Å²) in [7, 11) is 0. The van der Waals surface area contributed by atoms with Gasteiger partial charge in [0.05, 0.1) is 0 Å². The molecule has 0 aromatic carbocycles. The highest BCUT2D eigenvalue weighted by Gasteiger charge is 1.85. The van der Waals surface area contributed by atoms with Gasteiger partial charge < -0.3 is 0 Å². The van der Waals surface area contributed by atoms with Crippen LogP contribution in [0.25, 0.3) is 0 Å². The smallest absolute Gasteiger partial charge is 0.0170 e. The van der Waals surface area contributed by atoms with Crippen molar-refractivity contribution in [2.45, 2.75) is 38.5 Å². The summed E-state index contributed by atoms with van der Waals surface area (Å²) in [5.74, 6) is 0. The van der Waals surface area contributed by atoms with Crippen LogP contribution in [0.15, 0.2) is 36.5 Å². The van der Waals surface area contributed by atoms with Crippen molar-refractivity contribution in [3.05, 3.63) is 42.9 Å². The van der Waals surface area contributed by atoms with E-state index in [1.54, 1.807) is 0 Å². The topological polar surface area (TPSA) is 0 Å². The van der Waals surface area contributed by atoms with Crippen molar-refractivity contribution < 1.29 is 0 Å². The van der Waals surface area contributed by atoms with Crippen LogP contribution >= 0.6 is 0 Å². The van der Waals surface area contributed by atoms with Crippen LogP contribution < -0.4 is 0 Å². The van der Waals surface area contributed by atoms with Gasteiger partial charge in [-0.3, -0.25) is 0 Å². The third-order valence-corrected chi connectivity index (χ3v) is 2.14. The normalized spacial score (nSPS) is 27.7. The minimum Gasteiger partial charge on any atom is -0.0882 e. The van der Waals surface area contributed by atoms with Gasteiger partial charge in [-0.05, 0) is 44.9 Å². The van der Waals surface area contributed by atoms with Crippen LogP contribution in [-0.2, 0) is 0 Å². The molecule has 1 radical (unpaired) electrons. The lowest BCUT2D eigenvalue weighted by Gasteiger charge is -1.92. The molecule has 0 amide bonds. The Bertz CT molecular complexity index is 184. The molecular weight excluding hydrogens is 156 g/mol. The summed E-state index contributed by atoms with van der Waals surface area (Å²) < 4.78 is 0. The molecule has 1 aliphatic carbocycles. The average Bonchev–Trinajstić information content (AvgIpc) is 2.18. The Morgan fingerprint density at radius 2 is 1.08 bits per heavy atom. The fourth-order valence-corrected chi connectivity index (χ4v) is 1.35. The first-order valence-electron chi connectivity index (χ1n) is 5.30. The Morgan fingerprint density at radius 1 is 0.538 bits per heavy atom. The quantitative estimate of drug-likeness (QED) is 0.517. The lowest BCUT2D eigenvalue weighted by Crippen LogP contribution is -1.73. The molecule has 1 rings (SSSR count). The maximum Gasteiger partial charge on any atom is -0.0170 e. The molecule has 0 nitrogen and oxygen atoms in total. The Hall–Kier alpha value is -0.780. The van der Waals surface area contributed by atoms with Crippen LogP contribution in [0.3, 0.4) is 0 Å². The molecule has 0 heteroatoms. The predicted molar refractivity (Wildman–Crippen MR) is 59.4 cm³/mol. The molecule has 0 aromatic heterocycles. The monoisotopic (exact) mass is 175 g/mol. The second kappa shape index (κ2) is 7.85. The van der Waals surface area contributed by atoms with Gasteiger partial charge in [0.2, 0.25) is 0 Å². The minimum absolute atomic E-state index is 1.20. The molecule has 0 atom stereocenters. The largest absolute Gasteiger partial charge is 0.0882 e. The van der Waals surface area contributed by atoms with Crippen molar-refractivity contribution in [2.24, 2.45) is 0 Å². The van der Waals surface area contributed by atoms with Crippen LogP contribution in [0, 0.1) is 6.42 Å². The summed E-state index contributed by atoms with van der Waals surface area (Å²) in [5.41, 5.74) is 0. The molecule has 0 saturated heterocycles. The lowest BCUT2D eigenvalue weighted by molar-refractivity contribution is 0.839. The highest BCUT2D eigenvalue weighted by Crippen LogP contribution is 2.04. The van der Waals surface area contributed by atoms with E-state index < -0.39 is 0 Å². The molecule has 1 aliphatic rings. The molecule has 0 saturated carbocycles. The van der Waals surface area contributed by atoms with Crippen molar-refractivity contribution in [1.82, 2.24) is 0 Å². The highest BCUT2D eigenvalue weighted by atomic mass is 13.9. The number of rotatable bonds is 0. The molecule has 0 heterocycles. The fourth-order valence-electron chi connectivity index (χ4n) is 1.35. The van der Waals surface area contributed by atoms with E-state index in [-0.39, 0.29) is 0 Å². The predicted octanol–water partition coefficient (Wildman–Crippen LogP) is 4.21. The van der Waals surface area contributed by atoms with Crippen LogP contribution in [0.1, 0.15) is 38.5 Å². The second-order valence-electron chi connectivity index (χ2n) is 3.38. The first kappa shape index (κ1) is 10.3. The van der Waals surface area contributed by atoms with Crippen molar-refractivity contribution in [2.75, 3.05) is 0 Å². The van der Waals surface area contributed by atoms with E-state index in [4.69, 9.17) is 0 Å². The van der Waals surface area contributed by atoms with Crippen LogP contribution in [0.2, 0.25) is 0 Å². The first-order chi connectivity index (χ1) is 6.50. The Balaban J connectivity index is 2.28. The van der Waals surface area contributed by atoms with E-state index in [0.29, 0.717) is 0 Å². The molecule has 0 spiro atoms. The molecule has 0 unspecified atom stereocenters. The third-order valence-electron chi connectivity index (χ3n) is 2.14. The van der Waals surface area contributed by atoms with Gasteiger partial charge in [0.25, 0.3) is 0 Å². The van der Waals surface area contributed by atoms with Gasteiger partial charge in [-0.15, -0.1) is 0 Å². The van der Waals surface area contributed by atoms with Gasteiger partial charge in [-0.2, -0.15) is 0 Å². The number of allylic oxidation sites excluding steroid dienone is 6. The SMILES string of the molecule is [CH]1/C=C/CCC/C=C\C=C\CCC1. The van der Waals surface area contributed by atoms with E-state index in [1.807, 2.05) is 0 Å². The van der Waals surface area contributed by atoms with Gasteiger partial charge in [0.1, 0.15) is 0 Å². The third kappa shape index (κ3) is 6.39. The van der Waals surface area contributed by atoms with Crippen molar-refractivity contribution in [3.8, 4) is 0 Å². The fraction of sp³-hybridized carbons (Fsp3) is 0.462. The zero-order chi connectivity index (χ0) is 9.19. The summed E-state index contributed by atoms with van der Waals surface area (Å²) in [4.78, 5) is 0. The van der Waals surface area contributed by atoms with Gasteiger partial charge in [-0.25, -0.2) is 0 Å².